The lowest BCUT2D eigenvalue weighted by molar-refractivity contribution is 0.0347. The lowest BCUT2D eigenvalue weighted by Crippen LogP contribution is -2.48. The molecule has 4 aromatic rings. The van der Waals surface area contributed by atoms with Crippen LogP contribution in [0.15, 0.2) is 59.1 Å². The molecule has 1 aliphatic heterocycles. The van der Waals surface area contributed by atoms with E-state index >= 15 is 8.78 Å². The number of aromatic nitrogens is 4. The molecule has 13 nitrogen and oxygen atoms in total. The Morgan fingerprint density at radius 3 is 2.46 bits per heavy atom. The maximum atomic E-state index is 15.1. The lowest BCUT2D eigenvalue weighted by Gasteiger charge is -2.37. The molecular formula is C44H54F2N6O7. The van der Waals surface area contributed by atoms with Crippen molar-refractivity contribution in [2.24, 2.45) is 5.92 Å². The molecule has 1 fully saturated rings. The Balaban J connectivity index is 1.35. The van der Waals surface area contributed by atoms with Gasteiger partial charge in [-0.2, -0.15) is 15.0 Å². The molecule has 3 heterocycles. The Morgan fingerprint density at radius 2 is 1.76 bits per heavy atom. The van der Waals surface area contributed by atoms with E-state index in [4.69, 9.17) is 29.9 Å². The number of carbonyl (C=O) groups is 2. The zero-order chi connectivity index (χ0) is 42.9. The van der Waals surface area contributed by atoms with Gasteiger partial charge in [0, 0.05) is 37.4 Å². The predicted molar refractivity (Wildman–Crippen MR) is 216 cm³/mol. The quantitative estimate of drug-likeness (QED) is 0.115. The van der Waals surface area contributed by atoms with Gasteiger partial charge in [0.2, 0.25) is 29.3 Å². The van der Waals surface area contributed by atoms with Crippen molar-refractivity contribution >= 4 is 12.2 Å². The minimum atomic E-state index is -1.37. The number of piperidine rings is 1. The molecule has 0 spiro atoms. The fraction of sp³-hybridized carbons (Fsp3) is 0.500. The van der Waals surface area contributed by atoms with Gasteiger partial charge in [-0.15, -0.1) is 12.3 Å². The van der Waals surface area contributed by atoms with Crippen molar-refractivity contribution < 1.29 is 41.8 Å². The van der Waals surface area contributed by atoms with Crippen LogP contribution < -0.4 is 14.8 Å². The zero-order valence-corrected chi connectivity index (χ0v) is 35.0. The van der Waals surface area contributed by atoms with Crippen molar-refractivity contribution in [3.63, 3.8) is 0 Å². The molecule has 0 aliphatic carbocycles. The number of ether oxygens (including phenoxy) is 4. The van der Waals surface area contributed by atoms with Gasteiger partial charge in [0.15, 0.2) is 0 Å². The summed E-state index contributed by atoms with van der Waals surface area (Å²) in [6, 6.07) is 15.4. The number of terminal acetylenes is 1. The van der Waals surface area contributed by atoms with Crippen LogP contribution in [0, 0.1) is 31.0 Å². The Hall–Kier alpha value is -5.78. The number of nitrogens with zero attached hydrogens (tertiary/aromatic N) is 5. The molecule has 5 rings (SSSR count). The van der Waals surface area contributed by atoms with Gasteiger partial charge >= 0.3 is 12.2 Å². The number of alkyl halides is 1. The number of amides is 2. The second-order valence-corrected chi connectivity index (χ2v) is 16.4. The van der Waals surface area contributed by atoms with E-state index in [2.05, 4.69) is 31.3 Å². The molecule has 2 aromatic carbocycles. The predicted octanol–water partition coefficient (Wildman–Crippen LogP) is 8.53. The second-order valence-electron chi connectivity index (χ2n) is 16.4. The van der Waals surface area contributed by atoms with E-state index in [1.165, 1.54) is 12.1 Å². The highest BCUT2D eigenvalue weighted by atomic mass is 19.1. The number of benzene rings is 2. The average Bonchev–Trinajstić information content (AvgIpc) is 3.68. The van der Waals surface area contributed by atoms with Crippen molar-refractivity contribution in [1.29, 1.82) is 0 Å². The summed E-state index contributed by atoms with van der Waals surface area (Å²) in [5, 5.41) is 6.63. The van der Waals surface area contributed by atoms with E-state index < -0.39 is 47.4 Å². The Morgan fingerprint density at radius 1 is 1.03 bits per heavy atom. The Kier molecular flexibility index (Phi) is 14.5. The van der Waals surface area contributed by atoms with Gasteiger partial charge < -0.3 is 33.7 Å². The van der Waals surface area contributed by atoms with Crippen LogP contribution in [0.2, 0.25) is 0 Å². The second kappa shape index (κ2) is 19.3. The molecule has 316 valence electrons. The average molecular weight is 817 g/mol. The fourth-order valence-corrected chi connectivity index (χ4v) is 6.88. The Bertz CT molecular complexity index is 2060. The molecule has 5 atom stereocenters. The van der Waals surface area contributed by atoms with Crippen LogP contribution >= 0.6 is 0 Å². The lowest BCUT2D eigenvalue weighted by atomic mass is 9.81. The maximum absolute atomic E-state index is 15.1. The van der Waals surface area contributed by atoms with Crippen molar-refractivity contribution in [3.8, 4) is 35.8 Å². The topological polar surface area (TPSA) is 151 Å². The van der Waals surface area contributed by atoms with E-state index in [0.29, 0.717) is 24.9 Å². The summed E-state index contributed by atoms with van der Waals surface area (Å²) in [6.07, 6.45) is 3.42. The minimum absolute atomic E-state index is 0.0105. The molecule has 1 saturated heterocycles. The number of halogens is 2. The third-order valence-corrected chi connectivity index (χ3v) is 10.0. The first kappa shape index (κ1) is 44.3. The van der Waals surface area contributed by atoms with Crippen molar-refractivity contribution in [2.45, 2.75) is 123 Å². The molecule has 1 aliphatic rings. The number of nitrogens with one attached hydrogen (secondary N) is 1. The number of rotatable bonds is 15. The first-order chi connectivity index (χ1) is 27.9. The highest BCUT2D eigenvalue weighted by Crippen LogP contribution is 2.36. The number of alkyl carbamates (subject to hydrolysis) is 1. The van der Waals surface area contributed by atoms with Crippen molar-refractivity contribution in [1.82, 2.24) is 30.3 Å². The van der Waals surface area contributed by atoms with Gasteiger partial charge in [-0.3, -0.25) is 0 Å². The molecule has 1 N–H and O–H groups in total. The summed E-state index contributed by atoms with van der Waals surface area (Å²) in [5.74, 6) is 2.33. The highest BCUT2D eigenvalue weighted by molar-refractivity contribution is 5.68. The first-order valence-corrected chi connectivity index (χ1v) is 19.8. The summed E-state index contributed by atoms with van der Waals surface area (Å²) in [6.45, 7) is 14.4. The molecule has 15 heteroatoms. The number of carbonyl (C=O) groups excluding carboxylic acids is 2. The number of aryl methyl sites for hydroxylation is 1. The largest absolute Gasteiger partial charge is 0.474 e. The van der Waals surface area contributed by atoms with Crippen molar-refractivity contribution in [2.75, 3.05) is 13.1 Å². The van der Waals surface area contributed by atoms with E-state index in [0.717, 1.165) is 11.1 Å². The summed E-state index contributed by atoms with van der Waals surface area (Å²) in [7, 11) is 0. The van der Waals surface area contributed by atoms with Gasteiger partial charge in [-0.05, 0) is 78.0 Å². The summed E-state index contributed by atoms with van der Waals surface area (Å²) in [4.78, 5) is 40.7. The van der Waals surface area contributed by atoms with Crippen LogP contribution in [0.25, 0.3) is 11.6 Å². The summed E-state index contributed by atoms with van der Waals surface area (Å²) >= 11 is 0. The summed E-state index contributed by atoms with van der Waals surface area (Å²) < 4.78 is 59.4. The molecular weight excluding hydrogens is 763 g/mol. The van der Waals surface area contributed by atoms with E-state index in [1.807, 2.05) is 50.2 Å². The standard InChI is InChI=1S/C44H54F2N6O7/c1-10-15-32-23-33(20-21-52(32)42(54)55-26-30-17-12-11-13-18-30)57-36-24-35(56-29(4)28(3)22-31(45)25-47-41(53)58-43(5,6)7)48-38(49-36)39-50-40(59-51-39)44(8,9)37-27(2)16-14-19-34(37)46/h1,11-14,16-19,24,28-29,31-33H,15,20-23,25-26H2,2-9H3,(H,47,53)/t28-,29-,31+,32+,33-/m0/s1. The highest BCUT2D eigenvalue weighted by Gasteiger charge is 2.36. The van der Waals surface area contributed by atoms with Crippen LogP contribution in [0.3, 0.4) is 0 Å². The van der Waals surface area contributed by atoms with Gasteiger partial charge in [0.25, 0.3) is 0 Å². The van der Waals surface area contributed by atoms with Crippen LogP contribution in [0.1, 0.15) is 96.7 Å². The van der Waals surface area contributed by atoms with Gasteiger partial charge in [0.1, 0.15) is 36.4 Å². The Labute approximate surface area is 344 Å². The number of likely N-dealkylation sites (tertiary alicyclic amines) is 1. The summed E-state index contributed by atoms with van der Waals surface area (Å²) in [5.41, 5.74) is 0.272. The molecule has 59 heavy (non-hydrogen) atoms. The molecule has 2 amide bonds. The van der Waals surface area contributed by atoms with Crippen molar-refractivity contribution in [3.05, 3.63) is 83.0 Å². The molecule has 0 bridgehead atoms. The maximum Gasteiger partial charge on any atom is 0.410 e. The van der Waals surface area contributed by atoms with Crippen LogP contribution in [0.4, 0.5) is 18.4 Å². The molecule has 0 saturated carbocycles. The molecule has 2 aromatic heterocycles. The van der Waals surface area contributed by atoms with Gasteiger partial charge in [0.05, 0.1) is 18.0 Å². The third kappa shape index (κ3) is 12.1. The van der Waals surface area contributed by atoms with Gasteiger partial charge in [-0.1, -0.05) is 54.5 Å². The van der Waals surface area contributed by atoms with Crippen LogP contribution in [-0.2, 0) is 21.5 Å². The third-order valence-electron chi connectivity index (χ3n) is 10.0. The minimum Gasteiger partial charge on any atom is -0.474 e. The molecule has 0 radical (unpaired) electrons. The van der Waals surface area contributed by atoms with E-state index in [-0.39, 0.29) is 67.3 Å². The molecule has 0 unspecified atom stereocenters. The fourth-order valence-electron chi connectivity index (χ4n) is 6.88. The first-order valence-electron chi connectivity index (χ1n) is 19.8. The monoisotopic (exact) mass is 816 g/mol. The van der Waals surface area contributed by atoms with Crippen LogP contribution in [0.5, 0.6) is 11.8 Å². The smallest absolute Gasteiger partial charge is 0.410 e. The number of hydrogen-bond donors (Lipinski definition) is 1. The van der Waals surface area contributed by atoms with Gasteiger partial charge in [-0.25, -0.2) is 18.4 Å². The zero-order valence-electron chi connectivity index (χ0n) is 35.0. The van der Waals surface area contributed by atoms with E-state index in [9.17, 15) is 9.59 Å². The SMILES string of the molecule is C#CC[C@@H]1C[C@@H](Oc2cc(O[C@@H](C)[C@@H](C)C[C@@H](F)CNC(=O)OC(C)(C)C)nc(-c3noc(C(C)(C)c4c(C)cccc4F)n3)n2)CCN1C(=O)OCc1ccccc1. The van der Waals surface area contributed by atoms with Crippen LogP contribution in [-0.4, -0.2) is 80.3 Å². The van der Waals surface area contributed by atoms with E-state index in [1.54, 1.807) is 52.5 Å². The normalized spacial score (nSPS) is 17.3. The number of hydrogen-bond acceptors (Lipinski definition) is 11.